The summed E-state index contributed by atoms with van der Waals surface area (Å²) >= 11 is 0. The Bertz CT molecular complexity index is 767. The van der Waals surface area contributed by atoms with Gasteiger partial charge in [0.2, 0.25) is 0 Å². The summed E-state index contributed by atoms with van der Waals surface area (Å²) in [5.41, 5.74) is 1.03. The Morgan fingerprint density at radius 1 is 1.29 bits per heavy atom. The number of alkyl halides is 3. The first-order valence-corrected chi connectivity index (χ1v) is 7.77. The van der Waals surface area contributed by atoms with Crippen LogP contribution in [0.25, 0.3) is 0 Å². The molecule has 0 bridgehead atoms. The van der Waals surface area contributed by atoms with Crippen molar-refractivity contribution in [2.45, 2.75) is 32.0 Å². The number of carbonyl (C=O) groups excluding carboxylic acids is 1. The highest BCUT2D eigenvalue weighted by atomic mass is 19.4. The molecule has 0 saturated carbocycles. The number of rotatable bonds is 2. The zero-order valence-corrected chi connectivity index (χ0v) is 13.5. The van der Waals surface area contributed by atoms with Gasteiger partial charge in [-0.2, -0.15) is 18.3 Å². The number of likely N-dealkylation sites (tertiary alicyclic amines) is 1. The van der Waals surface area contributed by atoms with Crippen LogP contribution in [0.4, 0.5) is 13.2 Å². The van der Waals surface area contributed by atoms with Crippen molar-refractivity contribution in [2.24, 2.45) is 7.05 Å². The fourth-order valence-corrected chi connectivity index (χ4v) is 3.25. The second kappa shape index (κ2) is 5.96. The molecule has 24 heavy (non-hydrogen) atoms. The number of benzene rings is 1. The summed E-state index contributed by atoms with van der Waals surface area (Å²) in [6.07, 6.45) is -2.92. The third kappa shape index (κ3) is 2.90. The average molecular weight is 337 g/mol. The SMILES string of the molecule is Cc1ccccc1[C@H]1CCCN1C(=O)c1cc(C(F)(F)F)nn1C. The minimum atomic E-state index is -4.56. The lowest BCUT2D eigenvalue weighted by molar-refractivity contribution is -0.141. The number of amides is 1. The summed E-state index contributed by atoms with van der Waals surface area (Å²) < 4.78 is 39.5. The van der Waals surface area contributed by atoms with Gasteiger partial charge in [0, 0.05) is 19.7 Å². The van der Waals surface area contributed by atoms with Crippen LogP contribution in [0.3, 0.4) is 0 Å². The number of halogens is 3. The number of hydrogen-bond donors (Lipinski definition) is 0. The second-order valence-electron chi connectivity index (χ2n) is 6.05. The quantitative estimate of drug-likeness (QED) is 0.838. The predicted octanol–water partition coefficient (Wildman–Crippen LogP) is 3.72. The molecule has 0 aliphatic carbocycles. The Morgan fingerprint density at radius 3 is 2.62 bits per heavy atom. The van der Waals surface area contributed by atoms with Crippen LogP contribution in [0, 0.1) is 6.92 Å². The monoisotopic (exact) mass is 337 g/mol. The maximum atomic E-state index is 12.8. The minimum Gasteiger partial charge on any atom is -0.330 e. The van der Waals surface area contributed by atoms with Gasteiger partial charge in [-0.15, -0.1) is 0 Å². The molecule has 0 spiro atoms. The van der Waals surface area contributed by atoms with Gasteiger partial charge in [-0.1, -0.05) is 24.3 Å². The van der Waals surface area contributed by atoms with E-state index in [1.807, 2.05) is 31.2 Å². The molecule has 0 N–H and O–H groups in total. The number of hydrogen-bond acceptors (Lipinski definition) is 2. The first-order chi connectivity index (χ1) is 11.3. The Morgan fingerprint density at radius 2 is 2.00 bits per heavy atom. The molecule has 2 aromatic rings. The Balaban J connectivity index is 1.92. The van der Waals surface area contributed by atoms with Crippen molar-refractivity contribution in [1.82, 2.24) is 14.7 Å². The summed E-state index contributed by atoms with van der Waals surface area (Å²) in [6, 6.07) is 8.50. The van der Waals surface area contributed by atoms with Crippen LogP contribution in [0.1, 0.15) is 46.2 Å². The smallest absolute Gasteiger partial charge is 0.330 e. The first-order valence-electron chi connectivity index (χ1n) is 7.77. The number of carbonyl (C=O) groups is 1. The van der Waals surface area contributed by atoms with Crippen molar-refractivity contribution < 1.29 is 18.0 Å². The molecule has 1 aliphatic heterocycles. The highest BCUT2D eigenvalue weighted by Gasteiger charge is 2.38. The summed E-state index contributed by atoms with van der Waals surface area (Å²) in [6.45, 7) is 2.51. The topological polar surface area (TPSA) is 38.1 Å². The highest BCUT2D eigenvalue weighted by molar-refractivity contribution is 5.93. The molecule has 1 aliphatic rings. The molecule has 1 fully saturated rings. The standard InChI is InChI=1S/C17H18F3N3O/c1-11-6-3-4-7-12(11)13-8-5-9-23(13)16(24)14-10-15(17(18,19)20)21-22(14)2/h3-4,6-7,10,13H,5,8-9H2,1-2H3/t13-/m1/s1. The molecule has 1 aromatic heterocycles. The van der Waals surface area contributed by atoms with E-state index < -0.39 is 17.8 Å². The molecular weight excluding hydrogens is 319 g/mol. The van der Waals surface area contributed by atoms with E-state index in [1.54, 1.807) is 4.90 Å². The maximum Gasteiger partial charge on any atom is 0.435 e. The lowest BCUT2D eigenvalue weighted by Gasteiger charge is -2.26. The lowest BCUT2D eigenvalue weighted by Crippen LogP contribution is -2.32. The zero-order chi connectivity index (χ0) is 17.5. The molecule has 0 radical (unpaired) electrons. The van der Waals surface area contributed by atoms with E-state index >= 15 is 0 Å². The van der Waals surface area contributed by atoms with Crippen molar-refractivity contribution in [3.8, 4) is 0 Å². The van der Waals surface area contributed by atoms with Crippen molar-refractivity contribution in [3.63, 3.8) is 0 Å². The molecule has 2 heterocycles. The van der Waals surface area contributed by atoms with E-state index in [-0.39, 0.29) is 11.7 Å². The van der Waals surface area contributed by atoms with Crippen molar-refractivity contribution >= 4 is 5.91 Å². The van der Waals surface area contributed by atoms with Gasteiger partial charge >= 0.3 is 6.18 Å². The van der Waals surface area contributed by atoms with Crippen LogP contribution in [0.2, 0.25) is 0 Å². The van der Waals surface area contributed by atoms with Gasteiger partial charge in [-0.3, -0.25) is 9.48 Å². The largest absolute Gasteiger partial charge is 0.435 e. The maximum absolute atomic E-state index is 12.8. The normalized spacial score (nSPS) is 18.2. The van der Waals surface area contributed by atoms with Gasteiger partial charge in [0.05, 0.1) is 6.04 Å². The lowest BCUT2D eigenvalue weighted by atomic mass is 9.99. The van der Waals surface area contributed by atoms with Crippen LogP contribution in [0.15, 0.2) is 30.3 Å². The van der Waals surface area contributed by atoms with E-state index in [0.717, 1.165) is 34.7 Å². The van der Waals surface area contributed by atoms with Crippen LogP contribution in [-0.4, -0.2) is 27.1 Å². The first kappa shape index (κ1) is 16.5. The van der Waals surface area contributed by atoms with E-state index in [1.165, 1.54) is 7.05 Å². The average Bonchev–Trinajstić information content (AvgIpc) is 3.13. The Hall–Kier alpha value is -2.31. The third-order valence-electron chi connectivity index (χ3n) is 4.45. The zero-order valence-electron chi connectivity index (χ0n) is 13.5. The van der Waals surface area contributed by atoms with E-state index in [4.69, 9.17) is 0 Å². The van der Waals surface area contributed by atoms with Crippen molar-refractivity contribution in [1.29, 1.82) is 0 Å². The summed E-state index contributed by atoms with van der Waals surface area (Å²) in [4.78, 5) is 14.5. The van der Waals surface area contributed by atoms with E-state index in [2.05, 4.69) is 5.10 Å². The highest BCUT2D eigenvalue weighted by Crippen LogP contribution is 2.35. The molecule has 7 heteroatoms. The fourth-order valence-electron chi connectivity index (χ4n) is 3.25. The van der Waals surface area contributed by atoms with Gasteiger partial charge in [0.15, 0.2) is 5.69 Å². The van der Waals surface area contributed by atoms with E-state index in [9.17, 15) is 18.0 Å². The summed E-state index contributed by atoms with van der Waals surface area (Å²) in [5, 5.41) is 3.43. The molecule has 1 amide bonds. The minimum absolute atomic E-state index is 0.0391. The molecule has 4 nitrogen and oxygen atoms in total. The van der Waals surface area contributed by atoms with Crippen molar-refractivity contribution in [2.75, 3.05) is 6.54 Å². The van der Waals surface area contributed by atoms with Crippen molar-refractivity contribution in [3.05, 3.63) is 52.8 Å². The molecule has 128 valence electrons. The van der Waals surface area contributed by atoms with Gasteiger partial charge < -0.3 is 4.90 Å². The third-order valence-corrected chi connectivity index (χ3v) is 4.45. The summed E-state index contributed by atoms with van der Waals surface area (Å²) in [5.74, 6) is -0.411. The molecule has 0 unspecified atom stereocenters. The number of aromatic nitrogens is 2. The molecule has 1 aromatic carbocycles. The van der Waals surface area contributed by atoms with Crippen LogP contribution in [-0.2, 0) is 13.2 Å². The van der Waals surface area contributed by atoms with Crippen LogP contribution < -0.4 is 0 Å². The van der Waals surface area contributed by atoms with Gasteiger partial charge in [-0.05, 0) is 30.9 Å². The number of aryl methyl sites for hydroxylation is 2. The Labute approximate surface area is 137 Å². The van der Waals surface area contributed by atoms with Gasteiger partial charge in [0.1, 0.15) is 5.69 Å². The second-order valence-corrected chi connectivity index (χ2v) is 6.05. The molecule has 3 rings (SSSR count). The van der Waals surface area contributed by atoms with Crippen LogP contribution in [0.5, 0.6) is 0 Å². The van der Waals surface area contributed by atoms with E-state index in [0.29, 0.717) is 6.54 Å². The van der Waals surface area contributed by atoms with Crippen LogP contribution >= 0.6 is 0 Å². The Kier molecular flexibility index (Phi) is 4.11. The molecular formula is C17H18F3N3O. The van der Waals surface area contributed by atoms with Gasteiger partial charge in [0.25, 0.3) is 5.91 Å². The fraction of sp³-hybridized carbons (Fsp3) is 0.412. The number of nitrogens with zero attached hydrogens (tertiary/aromatic N) is 3. The predicted molar refractivity (Wildman–Crippen MR) is 82.4 cm³/mol. The summed E-state index contributed by atoms with van der Waals surface area (Å²) in [7, 11) is 1.36. The molecule has 1 saturated heterocycles. The molecule has 1 atom stereocenters. The van der Waals surface area contributed by atoms with Gasteiger partial charge in [-0.25, -0.2) is 0 Å².